The van der Waals surface area contributed by atoms with Crippen LogP contribution >= 0.6 is 0 Å². The molecule has 0 N–H and O–H groups in total. The molecule has 2 heterocycles. The standard InChI is InChI=1S/C18H24N2O5S/c1-3-4-9-20-16(18(21)19-10-12-25-13-11-19)17(24-2)14-7-5-6-8-15(14)26(20,22)23/h5-8H,3-4,9-13H2,1-2H3. The van der Waals surface area contributed by atoms with Gasteiger partial charge in [0, 0.05) is 25.2 Å². The Morgan fingerprint density at radius 3 is 2.58 bits per heavy atom. The smallest absolute Gasteiger partial charge is 0.275 e. The summed E-state index contributed by atoms with van der Waals surface area (Å²) in [5, 5.41) is 0. The summed E-state index contributed by atoms with van der Waals surface area (Å²) in [6.07, 6.45) is 1.47. The van der Waals surface area contributed by atoms with Crippen LogP contribution in [0, 0.1) is 0 Å². The Bertz CT molecular complexity index is 813. The second-order valence-electron chi connectivity index (χ2n) is 6.21. The Balaban J connectivity index is 2.16. The Morgan fingerprint density at radius 1 is 1.23 bits per heavy atom. The van der Waals surface area contributed by atoms with Gasteiger partial charge < -0.3 is 14.4 Å². The zero-order valence-electron chi connectivity index (χ0n) is 15.1. The zero-order valence-corrected chi connectivity index (χ0v) is 15.9. The Morgan fingerprint density at radius 2 is 1.92 bits per heavy atom. The lowest BCUT2D eigenvalue weighted by molar-refractivity contribution is -0.132. The molecule has 7 nitrogen and oxygen atoms in total. The number of carbonyl (C=O) groups is 1. The van der Waals surface area contributed by atoms with Gasteiger partial charge >= 0.3 is 0 Å². The van der Waals surface area contributed by atoms with Crippen molar-refractivity contribution in [1.29, 1.82) is 0 Å². The molecule has 1 fully saturated rings. The number of hydrogen-bond acceptors (Lipinski definition) is 5. The number of benzene rings is 1. The normalized spacial score (nSPS) is 19.3. The number of ether oxygens (including phenoxy) is 2. The van der Waals surface area contributed by atoms with Crippen LogP contribution in [-0.2, 0) is 24.3 Å². The van der Waals surface area contributed by atoms with Crippen molar-refractivity contribution in [3.05, 3.63) is 35.5 Å². The summed E-state index contributed by atoms with van der Waals surface area (Å²) < 4.78 is 38.5. The molecule has 8 heteroatoms. The third-order valence-electron chi connectivity index (χ3n) is 4.58. The molecule has 3 rings (SSSR count). The van der Waals surface area contributed by atoms with Crippen molar-refractivity contribution in [1.82, 2.24) is 9.21 Å². The summed E-state index contributed by atoms with van der Waals surface area (Å²) in [7, 11) is -2.35. The molecule has 0 radical (unpaired) electrons. The Hall–Kier alpha value is -2.06. The summed E-state index contributed by atoms with van der Waals surface area (Å²) in [4.78, 5) is 15.0. The minimum absolute atomic E-state index is 0.0987. The van der Waals surface area contributed by atoms with Crippen LogP contribution in [0.3, 0.4) is 0 Å². The Labute approximate surface area is 154 Å². The predicted octanol–water partition coefficient (Wildman–Crippen LogP) is 1.66. The first-order chi connectivity index (χ1) is 12.5. The van der Waals surface area contributed by atoms with Gasteiger partial charge in [-0.25, -0.2) is 8.42 Å². The molecule has 0 atom stereocenters. The molecular formula is C18H24N2O5S. The van der Waals surface area contributed by atoms with Crippen LogP contribution < -0.4 is 0 Å². The van der Waals surface area contributed by atoms with E-state index in [1.807, 2.05) is 6.92 Å². The second kappa shape index (κ2) is 7.67. The fraction of sp³-hybridized carbons (Fsp3) is 0.500. The van der Waals surface area contributed by atoms with Gasteiger partial charge in [0.2, 0.25) is 0 Å². The average Bonchev–Trinajstić information content (AvgIpc) is 2.67. The minimum atomic E-state index is -3.81. The lowest BCUT2D eigenvalue weighted by Gasteiger charge is -2.36. The highest BCUT2D eigenvalue weighted by Crippen LogP contribution is 2.38. The average molecular weight is 380 g/mol. The molecule has 1 amide bonds. The number of carbonyl (C=O) groups excluding carboxylic acids is 1. The van der Waals surface area contributed by atoms with Crippen LogP contribution in [0.15, 0.2) is 34.9 Å². The molecule has 1 aromatic rings. The summed E-state index contributed by atoms with van der Waals surface area (Å²) >= 11 is 0. The van der Waals surface area contributed by atoms with Crippen LogP contribution in [0.25, 0.3) is 5.76 Å². The quantitative estimate of drug-likeness (QED) is 0.777. The molecule has 0 aliphatic carbocycles. The minimum Gasteiger partial charge on any atom is -0.494 e. The molecule has 1 saturated heterocycles. The van der Waals surface area contributed by atoms with Crippen LogP contribution in [0.4, 0.5) is 0 Å². The third-order valence-corrected chi connectivity index (χ3v) is 6.44. The Kier molecular flexibility index (Phi) is 5.52. The number of rotatable bonds is 5. The maximum absolute atomic E-state index is 13.2. The van der Waals surface area contributed by atoms with Crippen LogP contribution in [-0.4, -0.2) is 63.5 Å². The molecule has 2 aliphatic rings. The van der Waals surface area contributed by atoms with Crippen molar-refractivity contribution in [3.63, 3.8) is 0 Å². The highest BCUT2D eigenvalue weighted by Gasteiger charge is 2.41. The highest BCUT2D eigenvalue weighted by atomic mass is 32.2. The molecule has 2 aliphatic heterocycles. The molecule has 0 bridgehead atoms. The van der Waals surface area contributed by atoms with E-state index < -0.39 is 10.0 Å². The van der Waals surface area contributed by atoms with E-state index in [1.54, 1.807) is 29.2 Å². The molecule has 0 spiro atoms. The number of morpholine rings is 1. The van der Waals surface area contributed by atoms with E-state index in [1.165, 1.54) is 11.4 Å². The SMILES string of the molecule is CCCCN1C(C(=O)N2CCOCC2)=C(OC)c2ccccc2S1(=O)=O. The molecular weight excluding hydrogens is 356 g/mol. The summed E-state index contributed by atoms with van der Waals surface area (Å²) in [6.45, 7) is 3.98. The number of nitrogens with zero attached hydrogens (tertiary/aromatic N) is 2. The van der Waals surface area contributed by atoms with Gasteiger partial charge in [-0.1, -0.05) is 25.5 Å². The van der Waals surface area contributed by atoms with Crippen molar-refractivity contribution < 1.29 is 22.7 Å². The number of methoxy groups -OCH3 is 1. The van der Waals surface area contributed by atoms with Gasteiger partial charge in [0.15, 0.2) is 11.5 Å². The van der Waals surface area contributed by atoms with Crippen molar-refractivity contribution in [3.8, 4) is 0 Å². The topological polar surface area (TPSA) is 76.2 Å². The number of unbranched alkanes of at least 4 members (excludes halogenated alkanes) is 1. The maximum atomic E-state index is 13.2. The van der Waals surface area contributed by atoms with E-state index in [2.05, 4.69) is 0 Å². The number of sulfonamides is 1. The van der Waals surface area contributed by atoms with Crippen molar-refractivity contribution in [2.75, 3.05) is 40.0 Å². The fourth-order valence-electron chi connectivity index (χ4n) is 3.22. The third kappa shape index (κ3) is 3.19. The lowest BCUT2D eigenvalue weighted by atomic mass is 10.1. The number of hydrogen-bond donors (Lipinski definition) is 0. The van der Waals surface area contributed by atoms with Gasteiger partial charge in [-0.3, -0.25) is 9.10 Å². The molecule has 0 aromatic heterocycles. The van der Waals surface area contributed by atoms with Gasteiger partial charge in [-0.05, 0) is 18.6 Å². The summed E-state index contributed by atoms with van der Waals surface area (Å²) in [6, 6.07) is 6.65. The van der Waals surface area contributed by atoms with E-state index in [4.69, 9.17) is 9.47 Å². The van der Waals surface area contributed by atoms with E-state index in [0.29, 0.717) is 44.0 Å². The summed E-state index contributed by atoms with van der Waals surface area (Å²) in [5.74, 6) is -0.0256. The van der Waals surface area contributed by atoms with E-state index in [0.717, 1.165) is 6.42 Å². The summed E-state index contributed by atoms with van der Waals surface area (Å²) in [5.41, 5.74) is 0.529. The molecule has 142 valence electrons. The van der Waals surface area contributed by atoms with Crippen molar-refractivity contribution in [2.45, 2.75) is 24.7 Å². The largest absolute Gasteiger partial charge is 0.494 e. The molecule has 0 unspecified atom stereocenters. The van der Waals surface area contributed by atoms with E-state index in [-0.39, 0.29) is 23.0 Å². The first-order valence-electron chi connectivity index (χ1n) is 8.79. The predicted molar refractivity (Wildman–Crippen MR) is 96.6 cm³/mol. The van der Waals surface area contributed by atoms with E-state index in [9.17, 15) is 13.2 Å². The molecule has 0 saturated carbocycles. The molecule has 1 aromatic carbocycles. The molecule has 26 heavy (non-hydrogen) atoms. The lowest BCUT2D eigenvalue weighted by Crippen LogP contribution is -2.47. The van der Waals surface area contributed by atoms with Gasteiger partial charge in [0.05, 0.1) is 25.2 Å². The number of fused-ring (bicyclic) bond motifs is 1. The maximum Gasteiger partial charge on any atom is 0.275 e. The highest BCUT2D eigenvalue weighted by molar-refractivity contribution is 7.89. The first-order valence-corrected chi connectivity index (χ1v) is 10.2. The monoisotopic (exact) mass is 380 g/mol. The second-order valence-corrected chi connectivity index (χ2v) is 8.04. The van der Waals surface area contributed by atoms with Crippen molar-refractivity contribution >= 4 is 21.7 Å². The van der Waals surface area contributed by atoms with Gasteiger partial charge in [0.25, 0.3) is 15.9 Å². The van der Waals surface area contributed by atoms with E-state index >= 15 is 0 Å². The van der Waals surface area contributed by atoms with Crippen molar-refractivity contribution in [2.24, 2.45) is 0 Å². The van der Waals surface area contributed by atoms with Crippen LogP contribution in [0.1, 0.15) is 25.3 Å². The van der Waals surface area contributed by atoms with Crippen LogP contribution in [0.5, 0.6) is 0 Å². The fourth-order valence-corrected chi connectivity index (χ4v) is 4.92. The van der Waals surface area contributed by atoms with Gasteiger partial charge in [-0.15, -0.1) is 0 Å². The zero-order chi connectivity index (χ0) is 18.7. The van der Waals surface area contributed by atoms with Gasteiger partial charge in [-0.2, -0.15) is 0 Å². The van der Waals surface area contributed by atoms with Crippen LogP contribution in [0.2, 0.25) is 0 Å². The first kappa shape index (κ1) is 18.7. The van der Waals surface area contributed by atoms with Gasteiger partial charge in [0.1, 0.15) is 0 Å². The number of amides is 1.